The van der Waals surface area contributed by atoms with Gasteiger partial charge in [0, 0.05) is 23.7 Å². The normalized spacial score (nSPS) is 10.1. The zero-order valence-electron chi connectivity index (χ0n) is 12.1. The molecule has 2 aromatic rings. The van der Waals surface area contributed by atoms with E-state index >= 15 is 0 Å². The fraction of sp³-hybridized carbons (Fsp3) is 0.333. The summed E-state index contributed by atoms with van der Waals surface area (Å²) in [6.45, 7) is 2.72. The second-order valence-electron chi connectivity index (χ2n) is 4.75. The molecule has 0 aliphatic rings. The Balaban J connectivity index is 0.00000200. The molecule has 3 nitrogen and oxygen atoms in total. The highest BCUT2D eigenvalue weighted by Gasteiger charge is 2.04. The van der Waals surface area contributed by atoms with Crippen LogP contribution in [0, 0.1) is 0 Å². The molecular weight excluding hydrogens is 331 g/mol. The van der Waals surface area contributed by atoms with Gasteiger partial charge in [-0.1, -0.05) is 11.6 Å². The van der Waals surface area contributed by atoms with E-state index in [0.717, 1.165) is 41.7 Å². The quantitative estimate of drug-likeness (QED) is 0.794. The second-order valence-corrected chi connectivity index (χ2v) is 5.19. The topological polar surface area (TPSA) is 28.4 Å². The smallest absolute Gasteiger partial charge is 0.134 e. The summed E-state index contributed by atoms with van der Waals surface area (Å²) in [6.07, 6.45) is 0. The van der Waals surface area contributed by atoms with Crippen molar-refractivity contribution in [2.24, 2.45) is 0 Å². The van der Waals surface area contributed by atoms with Crippen molar-refractivity contribution in [1.82, 2.24) is 10.2 Å². The molecule has 0 spiro atoms. The van der Waals surface area contributed by atoms with E-state index in [1.54, 1.807) is 0 Å². The van der Waals surface area contributed by atoms with Gasteiger partial charge in [-0.05, 0) is 50.5 Å². The van der Waals surface area contributed by atoms with Gasteiger partial charge in [-0.3, -0.25) is 0 Å². The van der Waals surface area contributed by atoms with Crippen LogP contribution >= 0.6 is 36.4 Å². The molecular formula is C15H21Cl3N2O. The SMILES string of the molecule is CN(C)CCNCc1ccc(-c2ccc(Cl)cc2)o1.Cl.Cl. The molecule has 0 fully saturated rings. The van der Waals surface area contributed by atoms with Crippen molar-refractivity contribution in [3.8, 4) is 11.3 Å². The zero-order chi connectivity index (χ0) is 13.7. The van der Waals surface area contributed by atoms with Gasteiger partial charge in [-0.25, -0.2) is 0 Å². The van der Waals surface area contributed by atoms with E-state index in [1.165, 1.54) is 0 Å². The van der Waals surface area contributed by atoms with Gasteiger partial charge in [0.05, 0.1) is 6.54 Å². The number of nitrogens with one attached hydrogen (secondary N) is 1. The van der Waals surface area contributed by atoms with E-state index in [-0.39, 0.29) is 24.8 Å². The van der Waals surface area contributed by atoms with E-state index in [4.69, 9.17) is 16.0 Å². The number of rotatable bonds is 6. The molecule has 0 saturated heterocycles. The van der Waals surface area contributed by atoms with Crippen LogP contribution in [0.3, 0.4) is 0 Å². The maximum Gasteiger partial charge on any atom is 0.134 e. The molecule has 1 N–H and O–H groups in total. The molecule has 0 aliphatic carbocycles. The third-order valence-electron chi connectivity index (χ3n) is 2.83. The molecule has 1 heterocycles. The van der Waals surface area contributed by atoms with Crippen LogP contribution in [0.4, 0.5) is 0 Å². The van der Waals surface area contributed by atoms with Crippen molar-refractivity contribution in [1.29, 1.82) is 0 Å². The first-order valence-electron chi connectivity index (χ1n) is 6.35. The first kappa shape index (κ1) is 20.3. The van der Waals surface area contributed by atoms with Crippen LogP contribution < -0.4 is 5.32 Å². The maximum absolute atomic E-state index is 5.87. The van der Waals surface area contributed by atoms with Crippen molar-refractivity contribution in [2.75, 3.05) is 27.2 Å². The molecule has 0 unspecified atom stereocenters. The third kappa shape index (κ3) is 6.72. The van der Waals surface area contributed by atoms with Crippen molar-refractivity contribution < 1.29 is 4.42 Å². The molecule has 0 aliphatic heterocycles. The zero-order valence-corrected chi connectivity index (χ0v) is 14.5. The van der Waals surface area contributed by atoms with Crippen LogP contribution in [0.2, 0.25) is 5.02 Å². The molecule has 1 aromatic heterocycles. The van der Waals surface area contributed by atoms with E-state index in [9.17, 15) is 0 Å². The van der Waals surface area contributed by atoms with Crippen molar-refractivity contribution in [3.63, 3.8) is 0 Å². The lowest BCUT2D eigenvalue weighted by molar-refractivity contribution is 0.392. The average Bonchev–Trinajstić information content (AvgIpc) is 2.84. The lowest BCUT2D eigenvalue weighted by Crippen LogP contribution is -2.25. The van der Waals surface area contributed by atoms with Gasteiger partial charge in [0.25, 0.3) is 0 Å². The summed E-state index contributed by atoms with van der Waals surface area (Å²) < 4.78 is 5.80. The summed E-state index contributed by atoms with van der Waals surface area (Å²) in [6, 6.07) is 11.7. The first-order chi connectivity index (χ1) is 9.15. The summed E-state index contributed by atoms with van der Waals surface area (Å²) in [5.74, 6) is 1.82. The Bertz CT molecular complexity index is 512. The molecule has 1 aromatic carbocycles. The highest BCUT2D eigenvalue weighted by molar-refractivity contribution is 6.30. The van der Waals surface area contributed by atoms with Gasteiger partial charge in [-0.15, -0.1) is 24.8 Å². The minimum absolute atomic E-state index is 0. The number of benzene rings is 1. The molecule has 0 radical (unpaired) electrons. The Morgan fingerprint density at radius 1 is 1.05 bits per heavy atom. The summed E-state index contributed by atoms with van der Waals surface area (Å²) in [7, 11) is 4.13. The van der Waals surface area contributed by atoms with Crippen LogP contribution in [-0.2, 0) is 6.54 Å². The van der Waals surface area contributed by atoms with E-state index in [0.29, 0.717) is 0 Å². The molecule has 0 bridgehead atoms. The lowest BCUT2D eigenvalue weighted by atomic mass is 10.2. The predicted molar refractivity (Wildman–Crippen MR) is 93.9 cm³/mol. The van der Waals surface area contributed by atoms with Crippen LogP contribution in [0.15, 0.2) is 40.8 Å². The van der Waals surface area contributed by atoms with E-state index in [2.05, 4.69) is 24.3 Å². The highest BCUT2D eigenvalue weighted by atomic mass is 35.5. The Morgan fingerprint density at radius 3 is 2.33 bits per heavy atom. The third-order valence-corrected chi connectivity index (χ3v) is 3.08. The fourth-order valence-corrected chi connectivity index (χ4v) is 1.88. The maximum atomic E-state index is 5.87. The molecule has 118 valence electrons. The number of nitrogens with zero attached hydrogens (tertiary/aromatic N) is 1. The average molecular weight is 352 g/mol. The van der Waals surface area contributed by atoms with Gasteiger partial charge in [0.15, 0.2) is 0 Å². The standard InChI is InChI=1S/C15H19ClN2O.2ClH/c1-18(2)10-9-17-11-14-7-8-15(19-14)12-3-5-13(16)6-4-12;;/h3-8,17H,9-11H2,1-2H3;2*1H. The number of furan rings is 1. The molecule has 0 amide bonds. The van der Waals surface area contributed by atoms with Crippen molar-refractivity contribution in [2.45, 2.75) is 6.54 Å². The van der Waals surface area contributed by atoms with Crippen LogP contribution in [0.5, 0.6) is 0 Å². The summed E-state index contributed by atoms with van der Waals surface area (Å²) in [4.78, 5) is 2.15. The Labute approximate surface area is 143 Å². The van der Waals surface area contributed by atoms with Crippen molar-refractivity contribution in [3.05, 3.63) is 47.2 Å². The van der Waals surface area contributed by atoms with Gasteiger partial charge in [0.2, 0.25) is 0 Å². The van der Waals surface area contributed by atoms with Crippen molar-refractivity contribution >= 4 is 36.4 Å². The van der Waals surface area contributed by atoms with Gasteiger partial charge < -0.3 is 14.6 Å². The summed E-state index contributed by atoms with van der Waals surface area (Å²) in [5.41, 5.74) is 1.05. The van der Waals surface area contributed by atoms with Crippen LogP contribution in [0.25, 0.3) is 11.3 Å². The Hall–Kier alpha value is -0.710. The first-order valence-corrected chi connectivity index (χ1v) is 6.73. The largest absolute Gasteiger partial charge is 0.460 e. The van der Waals surface area contributed by atoms with E-state index in [1.807, 2.05) is 36.4 Å². The molecule has 21 heavy (non-hydrogen) atoms. The minimum Gasteiger partial charge on any atom is -0.460 e. The van der Waals surface area contributed by atoms with E-state index < -0.39 is 0 Å². The Morgan fingerprint density at radius 2 is 1.71 bits per heavy atom. The molecule has 0 saturated carbocycles. The molecule has 6 heteroatoms. The summed E-state index contributed by atoms with van der Waals surface area (Å²) in [5, 5.41) is 4.09. The molecule has 2 rings (SSSR count). The van der Waals surface area contributed by atoms with Crippen LogP contribution in [-0.4, -0.2) is 32.1 Å². The van der Waals surface area contributed by atoms with Crippen LogP contribution in [0.1, 0.15) is 5.76 Å². The highest BCUT2D eigenvalue weighted by Crippen LogP contribution is 2.23. The van der Waals surface area contributed by atoms with Gasteiger partial charge in [-0.2, -0.15) is 0 Å². The van der Waals surface area contributed by atoms with Gasteiger partial charge >= 0.3 is 0 Å². The summed E-state index contributed by atoms with van der Waals surface area (Å²) >= 11 is 5.87. The number of hydrogen-bond acceptors (Lipinski definition) is 3. The van der Waals surface area contributed by atoms with Gasteiger partial charge in [0.1, 0.15) is 11.5 Å². The number of likely N-dealkylation sites (N-methyl/N-ethyl adjacent to an activating group) is 1. The second kappa shape index (κ2) is 10.1. The predicted octanol–water partition coefficient (Wildman–Crippen LogP) is 4.09. The lowest BCUT2D eigenvalue weighted by Gasteiger charge is -2.09. The minimum atomic E-state index is 0. The number of halogens is 3. The Kier molecular flexibility index (Phi) is 9.75. The monoisotopic (exact) mass is 350 g/mol. The molecule has 0 atom stereocenters. The fourth-order valence-electron chi connectivity index (χ4n) is 1.76. The number of hydrogen-bond donors (Lipinski definition) is 1.